The van der Waals surface area contributed by atoms with Crippen LogP contribution in [0, 0.1) is 6.92 Å². The predicted molar refractivity (Wildman–Crippen MR) is 71.2 cm³/mol. The van der Waals surface area contributed by atoms with Crippen molar-refractivity contribution in [1.82, 2.24) is 19.7 Å². The van der Waals surface area contributed by atoms with E-state index in [1.54, 1.807) is 13.1 Å². The van der Waals surface area contributed by atoms with Gasteiger partial charge in [-0.15, -0.1) is 11.3 Å². The number of hydrogen-bond donors (Lipinski definition) is 1. The van der Waals surface area contributed by atoms with Gasteiger partial charge in [0.15, 0.2) is 5.82 Å². The lowest BCUT2D eigenvalue weighted by Gasteiger charge is -2.02. The lowest BCUT2D eigenvalue weighted by Crippen LogP contribution is -2.00. The highest BCUT2D eigenvalue weighted by atomic mass is 35.5. The zero-order valence-corrected chi connectivity index (χ0v) is 11.2. The molecule has 3 heterocycles. The summed E-state index contributed by atoms with van der Waals surface area (Å²) in [7, 11) is 0. The molecule has 3 aromatic rings. The van der Waals surface area contributed by atoms with E-state index in [1.165, 1.54) is 17.2 Å². The Morgan fingerprint density at radius 1 is 1.47 bits per heavy atom. The molecule has 1 N–H and O–H groups in total. The Morgan fingerprint density at radius 2 is 2.26 bits per heavy atom. The summed E-state index contributed by atoms with van der Waals surface area (Å²) in [6, 6.07) is 0. The molecule has 96 valence electrons. The van der Waals surface area contributed by atoms with E-state index in [1.807, 2.05) is 0 Å². The van der Waals surface area contributed by atoms with E-state index in [2.05, 4.69) is 15.1 Å². The van der Waals surface area contributed by atoms with Crippen LogP contribution in [0.5, 0.6) is 0 Å². The number of aryl methyl sites for hydroxylation is 1. The molecule has 0 amide bonds. The second-order valence-corrected chi connectivity index (χ2v) is 5.28. The summed E-state index contributed by atoms with van der Waals surface area (Å²) in [4.78, 5) is 20.3. The number of carbonyl (C=O) groups is 1. The van der Waals surface area contributed by atoms with Crippen LogP contribution in [0.1, 0.15) is 15.2 Å². The van der Waals surface area contributed by atoms with E-state index in [9.17, 15) is 4.79 Å². The van der Waals surface area contributed by atoms with Gasteiger partial charge in [0.1, 0.15) is 16.0 Å². The summed E-state index contributed by atoms with van der Waals surface area (Å²) >= 11 is 6.96. The van der Waals surface area contributed by atoms with Gasteiger partial charge in [0, 0.05) is 0 Å². The molecule has 0 saturated carbocycles. The highest BCUT2D eigenvalue weighted by Gasteiger charge is 2.19. The number of carboxylic acids is 1. The van der Waals surface area contributed by atoms with Gasteiger partial charge in [-0.25, -0.2) is 19.4 Å². The van der Waals surface area contributed by atoms with Gasteiger partial charge < -0.3 is 5.11 Å². The van der Waals surface area contributed by atoms with Gasteiger partial charge >= 0.3 is 5.97 Å². The van der Waals surface area contributed by atoms with Crippen LogP contribution in [0.15, 0.2) is 18.7 Å². The zero-order valence-electron chi connectivity index (χ0n) is 9.66. The first-order chi connectivity index (χ1) is 9.08. The van der Waals surface area contributed by atoms with Crippen molar-refractivity contribution in [3.63, 3.8) is 0 Å². The number of rotatable bonds is 2. The maximum absolute atomic E-state index is 11.2. The van der Waals surface area contributed by atoms with E-state index in [4.69, 9.17) is 16.7 Å². The smallest absolute Gasteiger partial charge is 0.346 e. The summed E-state index contributed by atoms with van der Waals surface area (Å²) in [5.41, 5.74) is 0.634. The number of halogens is 1. The zero-order chi connectivity index (χ0) is 13.6. The minimum atomic E-state index is -0.968. The largest absolute Gasteiger partial charge is 0.477 e. The number of hydrogen-bond acceptors (Lipinski definition) is 5. The Labute approximate surface area is 116 Å². The Balaban J connectivity index is 2.34. The van der Waals surface area contributed by atoms with Crippen LogP contribution in [0.4, 0.5) is 0 Å². The van der Waals surface area contributed by atoms with Crippen molar-refractivity contribution < 1.29 is 9.90 Å². The molecule has 0 aliphatic carbocycles. The molecular formula is C11H7ClN4O2S. The van der Waals surface area contributed by atoms with Gasteiger partial charge in [-0.1, -0.05) is 11.6 Å². The molecule has 3 aromatic heterocycles. The van der Waals surface area contributed by atoms with Crippen LogP contribution in [0.3, 0.4) is 0 Å². The third kappa shape index (κ3) is 1.87. The predicted octanol–water partition coefficient (Wildman–Crippen LogP) is 2.54. The molecule has 0 bridgehead atoms. The molecule has 0 unspecified atom stereocenters. The average Bonchev–Trinajstić information content (AvgIpc) is 2.94. The van der Waals surface area contributed by atoms with E-state index in [-0.39, 0.29) is 4.88 Å². The summed E-state index contributed by atoms with van der Waals surface area (Å²) in [6.45, 7) is 1.74. The van der Waals surface area contributed by atoms with Gasteiger partial charge in [0.05, 0.1) is 22.8 Å². The number of nitrogens with zero attached hydrogens (tertiary/aromatic N) is 4. The lowest BCUT2D eigenvalue weighted by atomic mass is 10.2. The number of thiophene rings is 1. The molecule has 0 saturated heterocycles. The molecule has 3 rings (SSSR count). The van der Waals surface area contributed by atoms with Gasteiger partial charge in [0.2, 0.25) is 0 Å². The van der Waals surface area contributed by atoms with Crippen molar-refractivity contribution in [3.05, 3.63) is 34.2 Å². The van der Waals surface area contributed by atoms with Crippen LogP contribution in [-0.2, 0) is 0 Å². The van der Waals surface area contributed by atoms with E-state index < -0.39 is 5.97 Å². The quantitative estimate of drug-likeness (QED) is 0.785. The maximum Gasteiger partial charge on any atom is 0.346 e. The van der Waals surface area contributed by atoms with Gasteiger partial charge in [0.25, 0.3) is 0 Å². The summed E-state index contributed by atoms with van der Waals surface area (Å²) in [6.07, 6.45) is 4.49. The summed E-state index contributed by atoms with van der Waals surface area (Å²) in [5, 5.41) is 14.4. The highest BCUT2D eigenvalue weighted by Crippen LogP contribution is 2.32. The van der Waals surface area contributed by atoms with E-state index in [0.717, 1.165) is 11.3 Å². The van der Waals surface area contributed by atoms with Crippen molar-refractivity contribution in [2.45, 2.75) is 6.92 Å². The molecule has 0 aliphatic heterocycles. The van der Waals surface area contributed by atoms with E-state index in [0.29, 0.717) is 26.6 Å². The molecular weight excluding hydrogens is 288 g/mol. The van der Waals surface area contributed by atoms with Crippen molar-refractivity contribution in [2.24, 2.45) is 0 Å². The number of fused-ring (bicyclic) bond motifs is 1. The fourth-order valence-corrected chi connectivity index (χ4v) is 2.97. The minimum absolute atomic E-state index is 0.259. The maximum atomic E-state index is 11.2. The second-order valence-electron chi connectivity index (χ2n) is 3.84. The SMILES string of the molecule is Cc1c(C(=O)O)sc2ncnc(-n3cc(Cl)cn3)c12. The molecule has 0 atom stereocenters. The molecule has 8 heteroatoms. The number of aromatic carboxylic acids is 1. The first-order valence-corrected chi connectivity index (χ1v) is 6.45. The van der Waals surface area contributed by atoms with Crippen molar-refractivity contribution >= 4 is 39.1 Å². The minimum Gasteiger partial charge on any atom is -0.477 e. The topological polar surface area (TPSA) is 80.9 Å². The second kappa shape index (κ2) is 4.29. The fourth-order valence-electron chi connectivity index (χ4n) is 1.85. The van der Waals surface area contributed by atoms with Gasteiger partial charge in [-0.2, -0.15) is 5.10 Å². The summed E-state index contributed by atoms with van der Waals surface area (Å²) < 4.78 is 1.51. The molecule has 0 aromatic carbocycles. The normalized spacial score (nSPS) is 11.1. The first-order valence-electron chi connectivity index (χ1n) is 5.26. The average molecular weight is 295 g/mol. The fraction of sp³-hybridized carbons (Fsp3) is 0.0909. The molecule has 0 aliphatic rings. The summed E-state index contributed by atoms with van der Waals surface area (Å²) in [5.74, 6) is -0.442. The van der Waals surface area contributed by atoms with Gasteiger partial charge in [-0.05, 0) is 12.5 Å². The standard InChI is InChI=1S/C11H7ClN4O2S/c1-5-7-9(16-3-6(12)2-15-16)13-4-14-10(7)19-8(5)11(17)18/h2-4H,1H3,(H,17,18). The van der Waals surface area contributed by atoms with Crippen LogP contribution in [0.25, 0.3) is 16.0 Å². The van der Waals surface area contributed by atoms with Crippen molar-refractivity contribution in [3.8, 4) is 5.82 Å². The van der Waals surface area contributed by atoms with Crippen LogP contribution in [-0.4, -0.2) is 30.8 Å². The molecule has 19 heavy (non-hydrogen) atoms. The lowest BCUT2D eigenvalue weighted by molar-refractivity contribution is 0.0701. The van der Waals surface area contributed by atoms with Crippen LogP contribution >= 0.6 is 22.9 Å². The van der Waals surface area contributed by atoms with Crippen molar-refractivity contribution in [2.75, 3.05) is 0 Å². The molecule has 6 nitrogen and oxygen atoms in total. The number of carboxylic acid groups (broad SMARTS) is 1. The van der Waals surface area contributed by atoms with Crippen LogP contribution in [0.2, 0.25) is 5.02 Å². The first kappa shape index (κ1) is 12.1. The third-order valence-corrected chi connectivity index (χ3v) is 4.05. The third-order valence-electron chi connectivity index (χ3n) is 2.67. The number of aromatic nitrogens is 4. The Bertz CT molecular complexity index is 795. The Hall–Kier alpha value is -1.99. The molecule has 0 radical (unpaired) electrons. The van der Waals surface area contributed by atoms with Crippen molar-refractivity contribution in [1.29, 1.82) is 0 Å². The monoisotopic (exact) mass is 294 g/mol. The van der Waals surface area contributed by atoms with E-state index >= 15 is 0 Å². The molecule has 0 fully saturated rings. The Morgan fingerprint density at radius 3 is 2.89 bits per heavy atom. The molecule has 0 spiro atoms. The highest BCUT2D eigenvalue weighted by molar-refractivity contribution is 7.20. The van der Waals surface area contributed by atoms with Gasteiger partial charge in [-0.3, -0.25) is 0 Å². The van der Waals surface area contributed by atoms with Crippen LogP contribution < -0.4 is 0 Å². The Kier molecular flexibility index (Phi) is 2.72.